The van der Waals surface area contributed by atoms with E-state index in [1.54, 1.807) is 0 Å². The van der Waals surface area contributed by atoms with Crippen LogP contribution in [0.1, 0.15) is 37.8 Å². The third-order valence-electron chi connectivity index (χ3n) is 4.14. The van der Waals surface area contributed by atoms with E-state index in [1.165, 1.54) is 19.3 Å². The Morgan fingerprint density at radius 2 is 2.05 bits per heavy atom. The Bertz CT molecular complexity index is 415. The van der Waals surface area contributed by atoms with Crippen molar-refractivity contribution in [3.63, 3.8) is 0 Å². The number of halogens is 2. The fourth-order valence-corrected chi connectivity index (χ4v) is 3.35. The highest BCUT2D eigenvalue weighted by molar-refractivity contribution is 6.35. The van der Waals surface area contributed by atoms with Crippen molar-refractivity contribution < 1.29 is 0 Å². The monoisotopic (exact) mass is 300 g/mol. The lowest BCUT2D eigenvalue weighted by Gasteiger charge is -2.33. The van der Waals surface area contributed by atoms with Crippen LogP contribution in [0.3, 0.4) is 0 Å². The van der Waals surface area contributed by atoms with Gasteiger partial charge in [0.05, 0.1) is 0 Å². The third-order valence-corrected chi connectivity index (χ3v) is 4.71. The van der Waals surface area contributed by atoms with Gasteiger partial charge in [-0.1, -0.05) is 29.3 Å². The highest BCUT2D eigenvalue weighted by Gasteiger charge is 2.23. The molecule has 2 rings (SSSR count). The van der Waals surface area contributed by atoms with E-state index in [4.69, 9.17) is 23.2 Å². The molecule has 1 aliphatic heterocycles. The molecular weight excluding hydrogens is 279 g/mol. The Balaban J connectivity index is 2.10. The van der Waals surface area contributed by atoms with E-state index in [-0.39, 0.29) is 0 Å². The summed E-state index contributed by atoms with van der Waals surface area (Å²) in [5.41, 5.74) is 1.16. The lowest BCUT2D eigenvalue weighted by Crippen LogP contribution is -2.34. The van der Waals surface area contributed by atoms with Crippen molar-refractivity contribution >= 4 is 23.2 Å². The maximum absolute atomic E-state index is 6.32. The summed E-state index contributed by atoms with van der Waals surface area (Å²) in [5, 5.41) is 4.92. The minimum Gasteiger partial charge on any atom is -0.317 e. The topological polar surface area (TPSA) is 15.3 Å². The number of nitrogens with one attached hydrogen (secondary N) is 1. The number of nitrogens with zero attached hydrogens (tertiary/aromatic N) is 1. The van der Waals surface area contributed by atoms with Gasteiger partial charge in [-0.2, -0.15) is 0 Å². The van der Waals surface area contributed by atoms with E-state index in [0.717, 1.165) is 23.7 Å². The van der Waals surface area contributed by atoms with Gasteiger partial charge in [0.2, 0.25) is 0 Å². The van der Waals surface area contributed by atoms with Gasteiger partial charge in [-0.05, 0) is 64.0 Å². The normalized spacial score (nSPS) is 22.3. The quantitative estimate of drug-likeness (QED) is 0.903. The molecule has 106 valence electrons. The van der Waals surface area contributed by atoms with Crippen molar-refractivity contribution in [2.45, 2.75) is 38.3 Å². The molecule has 1 saturated heterocycles. The molecule has 19 heavy (non-hydrogen) atoms. The van der Waals surface area contributed by atoms with Crippen LogP contribution in [0.15, 0.2) is 18.2 Å². The van der Waals surface area contributed by atoms with Crippen LogP contribution in [-0.4, -0.2) is 31.1 Å². The van der Waals surface area contributed by atoms with E-state index < -0.39 is 0 Å². The highest BCUT2D eigenvalue weighted by atomic mass is 35.5. The second kappa shape index (κ2) is 6.94. The van der Waals surface area contributed by atoms with Gasteiger partial charge >= 0.3 is 0 Å². The van der Waals surface area contributed by atoms with Gasteiger partial charge in [0.25, 0.3) is 0 Å². The third kappa shape index (κ3) is 3.85. The van der Waals surface area contributed by atoms with Crippen LogP contribution in [0.2, 0.25) is 10.0 Å². The largest absolute Gasteiger partial charge is 0.317 e. The maximum Gasteiger partial charge on any atom is 0.0468 e. The minimum atomic E-state index is 0.313. The predicted octanol–water partition coefficient (Wildman–Crippen LogP) is 4.13. The molecule has 0 aromatic heterocycles. The van der Waals surface area contributed by atoms with Gasteiger partial charge < -0.3 is 5.32 Å². The molecule has 1 aromatic carbocycles. The number of benzene rings is 1. The van der Waals surface area contributed by atoms with Crippen molar-refractivity contribution in [2.75, 3.05) is 20.1 Å². The molecule has 1 N–H and O–H groups in total. The van der Waals surface area contributed by atoms with Crippen LogP contribution in [0, 0.1) is 0 Å². The molecule has 4 heteroatoms. The van der Waals surface area contributed by atoms with Gasteiger partial charge in [-0.15, -0.1) is 0 Å². The second-order valence-corrected chi connectivity index (χ2v) is 6.19. The van der Waals surface area contributed by atoms with Crippen molar-refractivity contribution in [1.29, 1.82) is 0 Å². The molecule has 0 aliphatic carbocycles. The molecule has 2 unspecified atom stereocenters. The fourth-order valence-electron chi connectivity index (χ4n) is 2.78. The van der Waals surface area contributed by atoms with Crippen molar-refractivity contribution in [3.05, 3.63) is 33.8 Å². The molecule has 2 atom stereocenters. The summed E-state index contributed by atoms with van der Waals surface area (Å²) in [7, 11) is 2.20. The first-order valence-corrected chi connectivity index (χ1v) is 7.73. The first-order valence-electron chi connectivity index (χ1n) is 6.97. The van der Waals surface area contributed by atoms with Gasteiger partial charge in [0.1, 0.15) is 0 Å². The molecule has 0 saturated carbocycles. The number of hydrogen-bond acceptors (Lipinski definition) is 2. The summed E-state index contributed by atoms with van der Waals surface area (Å²) in [6.45, 7) is 4.46. The van der Waals surface area contributed by atoms with Crippen LogP contribution in [-0.2, 0) is 0 Å². The Hall–Kier alpha value is -0.280. The lowest BCUT2D eigenvalue weighted by molar-refractivity contribution is 0.171. The lowest BCUT2D eigenvalue weighted by atomic mass is 10.0. The predicted molar refractivity (Wildman–Crippen MR) is 83.1 cm³/mol. The molecule has 0 bridgehead atoms. The van der Waals surface area contributed by atoms with E-state index in [9.17, 15) is 0 Å². The summed E-state index contributed by atoms with van der Waals surface area (Å²) in [6, 6.07) is 6.73. The highest BCUT2D eigenvalue weighted by Crippen LogP contribution is 2.31. The van der Waals surface area contributed by atoms with Crippen LogP contribution in [0.4, 0.5) is 0 Å². The molecule has 0 radical (unpaired) electrons. The van der Waals surface area contributed by atoms with Crippen LogP contribution in [0.25, 0.3) is 0 Å². The van der Waals surface area contributed by atoms with E-state index in [2.05, 4.69) is 24.2 Å². The van der Waals surface area contributed by atoms with Crippen molar-refractivity contribution in [2.24, 2.45) is 0 Å². The average Bonchev–Trinajstić information content (AvgIpc) is 2.66. The van der Waals surface area contributed by atoms with Crippen LogP contribution < -0.4 is 5.32 Å². The van der Waals surface area contributed by atoms with Gasteiger partial charge in [0.15, 0.2) is 0 Å². The van der Waals surface area contributed by atoms with Gasteiger partial charge in [0, 0.05) is 22.1 Å². The molecule has 1 heterocycles. The van der Waals surface area contributed by atoms with Gasteiger partial charge in [-0.3, -0.25) is 4.90 Å². The van der Waals surface area contributed by atoms with Crippen molar-refractivity contribution in [1.82, 2.24) is 10.2 Å². The van der Waals surface area contributed by atoms with E-state index in [0.29, 0.717) is 17.1 Å². The fraction of sp³-hybridized carbons (Fsp3) is 0.600. The second-order valence-electron chi connectivity index (χ2n) is 5.34. The van der Waals surface area contributed by atoms with Crippen molar-refractivity contribution in [3.8, 4) is 0 Å². The zero-order valence-corrected chi connectivity index (χ0v) is 13.1. The summed E-state index contributed by atoms with van der Waals surface area (Å²) in [5.74, 6) is 0. The zero-order valence-electron chi connectivity index (χ0n) is 11.6. The molecule has 0 spiro atoms. The molecule has 1 aromatic rings. The molecule has 2 nitrogen and oxygen atoms in total. The average molecular weight is 301 g/mol. The van der Waals surface area contributed by atoms with E-state index >= 15 is 0 Å². The van der Waals surface area contributed by atoms with E-state index in [1.807, 2.05) is 18.2 Å². The smallest absolute Gasteiger partial charge is 0.0468 e. The molecule has 1 aliphatic rings. The van der Waals surface area contributed by atoms with Gasteiger partial charge in [-0.25, -0.2) is 0 Å². The zero-order chi connectivity index (χ0) is 13.8. The minimum absolute atomic E-state index is 0.313. The summed E-state index contributed by atoms with van der Waals surface area (Å²) in [6.07, 6.45) is 3.70. The summed E-state index contributed by atoms with van der Waals surface area (Å²) < 4.78 is 0. The Morgan fingerprint density at radius 1 is 1.26 bits per heavy atom. The Labute approximate surface area is 126 Å². The standard InChI is InChI=1S/C15H22Cl2N2/c1-11(14-6-5-12(16)10-15(14)17)19(2)13-4-3-8-18-9-7-13/h5-6,10-11,13,18H,3-4,7-9H2,1-2H3. The molecular formula is C15H22Cl2N2. The molecule has 0 amide bonds. The Kier molecular flexibility index (Phi) is 5.52. The molecule has 1 fully saturated rings. The Morgan fingerprint density at radius 3 is 2.79 bits per heavy atom. The first-order chi connectivity index (χ1) is 9.09. The summed E-state index contributed by atoms with van der Waals surface area (Å²) >= 11 is 12.3. The van der Waals surface area contributed by atoms with Crippen LogP contribution >= 0.6 is 23.2 Å². The SMILES string of the molecule is CC(c1ccc(Cl)cc1Cl)N(C)C1CCCNCC1. The number of rotatable bonds is 3. The first kappa shape index (κ1) is 15.1. The maximum atomic E-state index is 6.32. The summed E-state index contributed by atoms with van der Waals surface area (Å²) in [4.78, 5) is 2.45. The van der Waals surface area contributed by atoms with Crippen LogP contribution in [0.5, 0.6) is 0 Å². The number of hydrogen-bond donors (Lipinski definition) is 1.